The van der Waals surface area contributed by atoms with Crippen LogP contribution < -0.4 is 5.73 Å². The van der Waals surface area contributed by atoms with Gasteiger partial charge in [0.05, 0.1) is 6.54 Å². The molecule has 2 aromatic carbocycles. The molecule has 4 rings (SSSR count). The van der Waals surface area contributed by atoms with Crippen molar-refractivity contribution in [3.8, 4) is 11.4 Å². The van der Waals surface area contributed by atoms with Gasteiger partial charge in [0.25, 0.3) is 0 Å². The first-order valence-electron chi connectivity index (χ1n) is 8.61. The number of nitrogens with zero attached hydrogens (tertiary/aromatic N) is 3. The van der Waals surface area contributed by atoms with Crippen molar-refractivity contribution >= 4 is 12.4 Å². The average Bonchev–Trinajstić information content (AvgIpc) is 3.23. The summed E-state index contributed by atoms with van der Waals surface area (Å²) >= 11 is 0. The first kappa shape index (κ1) is 18.6. The highest BCUT2D eigenvalue weighted by Gasteiger charge is 2.32. The van der Waals surface area contributed by atoms with Crippen LogP contribution in [0.25, 0.3) is 11.4 Å². The van der Waals surface area contributed by atoms with Gasteiger partial charge in [0, 0.05) is 30.6 Å². The molecule has 0 bridgehead atoms. The molecular formula is C20H23ClN4O. The zero-order valence-corrected chi connectivity index (χ0v) is 15.5. The number of aromatic nitrogens is 2. The SMILES string of the molecule is Cc1cccc(-c2noc(CN3C[C@@H](N)[C@H](c4ccccc4)C3)n2)c1.Cl. The average molecular weight is 371 g/mol. The van der Waals surface area contributed by atoms with Gasteiger partial charge in [-0.2, -0.15) is 4.98 Å². The van der Waals surface area contributed by atoms with Gasteiger partial charge in [0.1, 0.15) is 0 Å². The van der Waals surface area contributed by atoms with E-state index >= 15 is 0 Å². The molecule has 5 nitrogen and oxygen atoms in total. The first-order valence-corrected chi connectivity index (χ1v) is 8.61. The van der Waals surface area contributed by atoms with Gasteiger partial charge in [0.15, 0.2) is 0 Å². The van der Waals surface area contributed by atoms with Gasteiger partial charge in [-0.3, -0.25) is 4.90 Å². The number of rotatable bonds is 4. The van der Waals surface area contributed by atoms with Crippen molar-refractivity contribution in [1.29, 1.82) is 0 Å². The Labute approximate surface area is 159 Å². The molecule has 3 aromatic rings. The summed E-state index contributed by atoms with van der Waals surface area (Å²) in [5.74, 6) is 1.62. The van der Waals surface area contributed by atoms with Gasteiger partial charge in [-0.15, -0.1) is 12.4 Å². The molecule has 0 amide bonds. The van der Waals surface area contributed by atoms with E-state index < -0.39 is 0 Å². The highest BCUT2D eigenvalue weighted by Crippen LogP contribution is 2.27. The van der Waals surface area contributed by atoms with Crippen molar-refractivity contribution in [3.63, 3.8) is 0 Å². The summed E-state index contributed by atoms with van der Waals surface area (Å²) < 4.78 is 5.45. The molecule has 0 spiro atoms. The zero-order valence-electron chi connectivity index (χ0n) is 14.7. The summed E-state index contributed by atoms with van der Waals surface area (Å²) in [4.78, 5) is 6.84. The van der Waals surface area contributed by atoms with Crippen molar-refractivity contribution in [2.24, 2.45) is 5.73 Å². The summed E-state index contributed by atoms with van der Waals surface area (Å²) in [6, 6.07) is 18.7. The van der Waals surface area contributed by atoms with Crippen LogP contribution in [0.1, 0.15) is 22.9 Å². The molecule has 136 valence electrons. The van der Waals surface area contributed by atoms with Crippen LogP contribution in [0.4, 0.5) is 0 Å². The molecule has 1 aliphatic rings. The summed E-state index contributed by atoms with van der Waals surface area (Å²) in [7, 11) is 0. The van der Waals surface area contributed by atoms with E-state index in [-0.39, 0.29) is 18.4 Å². The molecular weight excluding hydrogens is 348 g/mol. The minimum atomic E-state index is 0. The Morgan fingerprint density at radius 2 is 1.92 bits per heavy atom. The first-order chi connectivity index (χ1) is 12.2. The fourth-order valence-corrected chi connectivity index (χ4v) is 3.51. The molecule has 0 unspecified atom stereocenters. The molecule has 2 heterocycles. The molecule has 1 aromatic heterocycles. The van der Waals surface area contributed by atoms with Crippen molar-refractivity contribution < 1.29 is 4.52 Å². The van der Waals surface area contributed by atoms with Gasteiger partial charge in [0.2, 0.25) is 11.7 Å². The van der Waals surface area contributed by atoms with E-state index in [1.165, 1.54) is 11.1 Å². The van der Waals surface area contributed by atoms with Crippen LogP contribution in [-0.4, -0.2) is 34.2 Å². The van der Waals surface area contributed by atoms with Crippen molar-refractivity contribution in [2.45, 2.75) is 25.4 Å². The highest BCUT2D eigenvalue weighted by molar-refractivity contribution is 5.85. The van der Waals surface area contributed by atoms with Gasteiger partial charge < -0.3 is 10.3 Å². The van der Waals surface area contributed by atoms with E-state index in [2.05, 4.69) is 58.4 Å². The second-order valence-corrected chi connectivity index (χ2v) is 6.76. The van der Waals surface area contributed by atoms with Gasteiger partial charge in [-0.05, 0) is 18.6 Å². The maximum Gasteiger partial charge on any atom is 0.241 e. The van der Waals surface area contributed by atoms with Crippen molar-refractivity contribution in [2.75, 3.05) is 13.1 Å². The minimum Gasteiger partial charge on any atom is -0.338 e. The molecule has 1 fully saturated rings. The second kappa shape index (κ2) is 7.99. The molecule has 6 heteroatoms. The molecule has 1 aliphatic heterocycles. The third-order valence-electron chi connectivity index (χ3n) is 4.77. The third kappa shape index (κ3) is 3.96. The van der Waals surface area contributed by atoms with E-state index in [0.29, 0.717) is 24.2 Å². The summed E-state index contributed by atoms with van der Waals surface area (Å²) in [5, 5.41) is 4.12. The Bertz CT molecular complexity index is 852. The van der Waals surface area contributed by atoms with Gasteiger partial charge in [-0.1, -0.05) is 59.3 Å². The monoisotopic (exact) mass is 370 g/mol. The number of halogens is 1. The van der Waals surface area contributed by atoms with Gasteiger partial charge in [-0.25, -0.2) is 0 Å². The number of nitrogens with two attached hydrogens (primary N) is 1. The van der Waals surface area contributed by atoms with Gasteiger partial charge >= 0.3 is 0 Å². The number of hydrogen-bond acceptors (Lipinski definition) is 5. The standard InChI is InChI=1S/C20H22N4O.ClH/c1-14-6-5-9-16(10-14)20-22-19(25-23-20)13-24-11-17(18(21)12-24)15-7-3-2-4-8-15;/h2-10,17-18H,11-13,21H2,1H3;1H/t17-,18+;/m0./s1. The van der Waals surface area contributed by atoms with Crippen LogP contribution >= 0.6 is 12.4 Å². The Kier molecular flexibility index (Phi) is 5.71. The topological polar surface area (TPSA) is 68.2 Å². The quantitative estimate of drug-likeness (QED) is 0.762. The molecule has 0 saturated carbocycles. The predicted molar refractivity (Wildman–Crippen MR) is 104 cm³/mol. The zero-order chi connectivity index (χ0) is 17.2. The maximum atomic E-state index is 6.36. The van der Waals surface area contributed by atoms with Crippen LogP contribution in [0.5, 0.6) is 0 Å². The molecule has 2 atom stereocenters. The Hall–Kier alpha value is -2.21. The molecule has 1 saturated heterocycles. The molecule has 0 aliphatic carbocycles. The number of likely N-dealkylation sites (tertiary alicyclic amines) is 1. The lowest BCUT2D eigenvalue weighted by molar-refractivity contribution is 0.264. The van der Waals surface area contributed by atoms with Crippen LogP contribution in [0.2, 0.25) is 0 Å². The predicted octanol–water partition coefficient (Wildman–Crippen LogP) is 3.39. The Morgan fingerprint density at radius 3 is 2.69 bits per heavy atom. The lowest BCUT2D eigenvalue weighted by Gasteiger charge is -2.14. The molecule has 26 heavy (non-hydrogen) atoms. The highest BCUT2D eigenvalue weighted by atomic mass is 35.5. The number of hydrogen-bond donors (Lipinski definition) is 1. The maximum absolute atomic E-state index is 6.36. The molecule has 2 N–H and O–H groups in total. The van der Waals surface area contributed by atoms with E-state index in [9.17, 15) is 0 Å². The van der Waals surface area contributed by atoms with Crippen LogP contribution in [0.3, 0.4) is 0 Å². The normalized spacial score (nSPS) is 20.1. The smallest absolute Gasteiger partial charge is 0.241 e. The lowest BCUT2D eigenvalue weighted by Crippen LogP contribution is -2.28. The van der Waals surface area contributed by atoms with E-state index in [1.54, 1.807) is 0 Å². The van der Waals surface area contributed by atoms with E-state index in [0.717, 1.165) is 18.7 Å². The summed E-state index contributed by atoms with van der Waals surface area (Å²) in [5.41, 5.74) is 9.82. The van der Waals surface area contributed by atoms with Crippen LogP contribution in [-0.2, 0) is 6.54 Å². The van der Waals surface area contributed by atoms with E-state index in [1.807, 2.05) is 18.2 Å². The Morgan fingerprint density at radius 1 is 1.12 bits per heavy atom. The Balaban J connectivity index is 0.00000196. The lowest BCUT2D eigenvalue weighted by atomic mass is 9.95. The van der Waals surface area contributed by atoms with E-state index in [4.69, 9.17) is 10.3 Å². The van der Waals surface area contributed by atoms with Crippen molar-refractivity contribution in [3.05, 3.63) is 71.6 Å². The number of aryl methyl sites for hydroxylation is 1. The largest absolute Gasteiger partial charge is 0.338 e. The fourth-order valence-electron chi connectivity index (χ4n) is 3.51. The molecule has 0 radical (unpaired) electrons. The summed E-state index contributed by atoms with van der Waals surface area (Å²) in [6.07, 6.45) is 0. The second-order valence-electron chi connectivity index (χ2n) is 6.76. The fraction of sp³-hybridized carbons (Fsp3) is 0.300. The number of benzene rings is 2. The summed E-state index contributed by atoms with van der Waals surface area (Å²) in [6.45, 7) is 4.44. The minimum absolute atomic E-state index is 0. The van der Waals surface area contributed by atoms with Crippen molar-refractivity contribution in [1.82, 2.24) is 15.0 Å². The third-order valence-corrected chi connectivity index (χ3v) is 4.77. The van der Waals surface area contributed by atoms with Crippen LogP contribution in [0, 0.1) is 6.92 Å². The van der Waals surface area contributed by atoms with Crippen LogP contribution in [0.15, 0.2) is 59.1 Å².